The van der Waals surface area contributed by atoms with Gasteiger partial charge in [0.15, 0.2) is 6.10 Å². The van der Waals surface area contributed by atoms with E-state index in [0.29, 0.717) is 6.61 Å². The fraction of sp³-hybridized carbons (Fsp3) is 0.875. The minimum Gasteiger partial charge on any atom is -0.432 e. The van der Waals surface area contributed by atoms with Gasteiger partial charge in [0, 0.05) is 24.9 Å². The minimum atomic E-state index is -1.74. The van der Waals surface area contributed by atoms with Crippen molar-refractivity contribution in [1.82, 2.24) is 9.55 Å². The Morgan fingerprint density at radius 3 is 1.84 bits per heavy atom. The molecule has 0 aliphatic heterocycles. The lowest BCUT2D eigenvalue weighted by atomic mass is 9.79. The van der Waals surface area contributed by atoms with Crippen LogP contribution in [0, 0.1) is 5.92 Å². The van der Waals surface area contributed by atoms with Crippen LogP contribution in [0.25, 0.3) is 0 Å². The highest BCUT2D eigenvalue weighted by Gasteiger charge is 2.50. The second-order valence-electron chi connectivity index (χ2n) is 12.0. The number of carbonyl (C=O) groups is 1. The van der Waals surface area contributed by atoms with Crippen molar-refractivity contribution in [2.75, 3.05) is 26.4 Å². The molecule has 0 bridgehead atoms. The van der Waals surface area contributed by atoms with Crippen LogP contribution in [0.3, 0.4) is 0 Å². The van der Waals surface area contributed by atoms with E-state index in [4.69, 9.17) is 14.2 Å². The first-order valence-electron chi connectivity index (χ1n) is 16.6. The molecule has 0 unspecified atom stereocenters. The first kappa shape index (κ1) is 37.4. The van der Waals surface area contributed by atoms with Crippen LogP contribution in [0.1, 0.15) is 116 Å². The quantitative estimate of drug-likeness (QED) is 0.0838. The molecule has 11 heteroatoms. The maximum atomic E-state index is 12.4. The molecule has 7 atom stereocenters. The molecule has 1 fully saturated rings. The highest BCUT2D eigenvalue weighted by Crippen LogP contribution is 2.28. The van der Waals surface area contributed by atoms with Crippen molar-refractivity contribution in [1.29, 1.82) is 0 Å². The van der Waals surface area contributed by atoms with Gasteiger partial charge in [0.05, 0.1) is 31.7 Å². The Hall–Kier alpha value is -1.76. The molecule has 1 aromatic heterocycles. The number of ether oxygens (including phenoxy) is 3. The molecule has 1 heterocycles. The summed E-state index contributed by atoms with van der Waals surface area (Å²) in [6.07, 6.45) is 16.5. The normalized spacial score (nSPS) is 24.6. The summed E-state index contributed by atoms with van der Waals surface area (Å²) in [5.41, 5.74) is 0. The highest BCUT2D eigenvalue weighted by molar-refractivity contribution is 5.60. The van der Waals surface area contributed by atoms with E-state index in [9.17, 15) is 30.3 Å². The van der Waals surface area contributed by atoms with Gasteiger partial charge in [-0.15, -0.1) is 0 Å². The van der Waals surface area contributed by atoms with E-state index in [1.54, 1.807) is 23.3 Å². The van der Waals surface area contributed by atoms with E-state index in [1.165, 1.54) is 89.9 Å². The van der Waals surface area contributed by atoms with Crippen LogP contribution in [0.2, 0.25) is 0 Å². The van der Waals surface area contributed by atoms with Crippen molar-refractivity contribution in [3.05, 3.63) is 18.7 Å². The van der Waals surface area contributed by atoms with Gasteiger partial charge in [0.2, 0.25) is 0 Å². The molecular weight excluding hydrogens is 556 g/mol. The Bertz CT molecular complexity index is 813. The topological polar surface area (TPSA) is 164 Å². The zero-order valence-corrected chi connectivity index (χ0v) is 26.2. The first-order chi connectivity index (χ1) is 20.9. The number of unbranched alkanes of at least 4 members (excludes halogenated alkanes) is 15. The van der Waals surface area contributed by atoms with E-state index >= 15 is 0 Å². The molecule has 250 valence electrons. The van der Waals surface area contributed by atoms with Crippen LogP contribution in [0.15, 0.2) is 18.7 Å². The van der Waals surface area contributed by atoms with E-state index in [-0.39, 0.29) is 19.3 Å². The fourth-order valence-corrected chi connectivity index (χ4v) is 5.64. The summed E-state index contributed by atoms with van der Waals surface area (Å²) < 4.78 is 17.9. The molecule has 5 N–H and O–H groups in total. The summed E-state index contributed by atoms with van der Waals surface area (Å²) in [4.78, 5) is 16.4. The van der Waals surface area contributed by atoms with Crippen molar-refractivity contribution in [3.63, 3.8) is 0 Å². The average molecular weight is 615 g/mol. The van der Waals surface area contributed by atoms with Crippen LogP contribution in [0.5, 0.6) is 0 Å². The second-order valence-corrected chi connectivity index (χ2v) is 12.0. The number of aromatic nitrogens is 2. The first-order valence-corrected chi connectivity index (χ1v) is 16.6. The predicted octanol–water partition coefficient (Wildman–Crippen LogP) is 4.29. The monoisotopic (exact) mass is 614 g/mol. The number of hydrogen-bond acceptors (Lipinski definition) is 10. The van der Waals surface area contributed by atoms with E-state index in [0.717, 1.165) is 12.8 Å². The molecule has 0 saturated heterocycles. The van der Waals surface area contributed by atoms with Gasteiger partial charge in [-0.1, -0.05) is 103 Å². The predicted molar refractivity (Wildman–Crippen MR) is 162 cm³/mol. The zero-order chi connectivity index (χ0) is 31.3. The molecule has 1 aliphatic rings. The van der Waals surface area contributed by atoms with Crippen molar-refractivity contribution < 1.29 is 44.5 Å². The van der Waals surface area contributed by atoms with Crippen molar-refractivity contribution in [2.45, 2.75) is 146 Å². The van der Waals surface area contributed by atoms with Crippen molar-refractivity contribution in [3.8, 4) is 0 Å². The van der Waals surface area contributed by atoms with Gasteiger partial charge in [-0.3, -0.25) is 0 Å². The number of aliphatic hydroxyl groups is 5. The number of rotatable bonds is 24. The Balaban J connectivity index is 1.54. The van der Waals surface area contributed by atoms with Gasteiger partial charge >= 0.3 is 6.16 Å². The number of imidazole rings is 1. The van der Waals surface area contributed by atoms with Gasteiger partial charge in [-0.2, -0.15) is 0 Å². The lowest BCUT2D eigenvalue weighted by Crippen LogP contribution is -2.63. The molecule has 2 rings (SSSR count). The summed E-state index contributed by atoms with van der Waals surface area (Å²) in [6, 6.07) is -0.366. The van der Waals surface area contributed by atoms with Gasteiger partial charge in [0.25, 0.3) is 0 Å². The van der Waals surface area contributed by atoms with E-state index in [2.05, 4.69) is 11.9 Å². The van der Waals surface area contributed by atoms with Crippen LogP contribution >= 0.6 is 0 Å². The Morgan fingerprint density at radius 2 is 1.33 bits per heavy atom. The summed E-state index contributed by atoms with van der Waals surface area (Å²) in [5, 5.41) is 49.8. The van der Waals surface area contributed by atoms with Gasteiger partial charge < -0.3 is 44.3 Å². The Morgan fingerprint density at radius 1 is 0.767 bits per heavy atom. The van der Waals surface area contributed by atoms with Crippen molar-refractivity contribution in [2.24, 2.45) is 5.92 Å². The Kier molecular flexibility index (Phi) is 19.8. The molecular formula is C32H58N2O9. The van der Waals surface area contributed by atoms with Crippen LogP contribution in [0.4, 0.5) is 4.79 Å². The summed E-state index contributed by atoms with van der Waals surface area (Å²) >= 11 is 0. The molecule has 1 aromatic rings. The smallest absolute Gasteiger partial charge is 0.432 e. The Labute approximate surface area is 257 Å². The zero-order valence-electron chi connectivity index (χ0n) is 26.2. The maximum Gasteiger partial charge on any atom is 0.508 e. The third-order valence-corrected chi connectivity index (χ3v) is 8.49. The van der Waals surface area contributed by atoms with Crippen LogP contribution in [-0.4, -0.2) is 98.2 Å². The molecule has 1 saturated carbocycles. The van der Waals surface area contributed by atoms with Crippen LogP contribution < -0.4 is 0 Å². The summed E-state index contributed by atoms with van der Waals surface area (Å²) in [6.45, 7) is 2.37. The van der Waals surface area contributed by atoms with Gasteiger partial charge in [0.1, 0.15) is 24.9 Å². The average Bonchev–Trinajstić information content (AvgIpc) is 3.54. The number of aliphatic hydroxyl groups excluding tert-OH is 5. The molecule has 43 heavy (non-hydrogen) atoms. The molecule has 0 aromatic carbocycles. The van der Waals surface area contributed by atoms with Gasteiger partial charge in [-0.05, 0) is 6.42 Å². The third-order valence-electron chi connectivity index (χ3n) is 8.49. The minimum absolute atomic E-state index is 0.109. The summed E-state index contributed by atoms with van der Waals surface area (Å²) in [5.74, 6) is -1.19. The molecule has 1 aliphatic carbocycles. The number of carbonyl (C=O) groups excluding carboxylic acids is 1. The van der Waals surface area contributed by atoms with E-state index in [1.807, 2.05) is 0 Å². The largest absolute Gasteiger partial charge is 0.508 e. The third kappa shape index (κ3) is 14.3. The molecule has 11 nitrogen and oxygen atoms in total. The van der Waals surface area contributed by atoms with E-state index < -0.39 is 49.2 Å². The SMILES string of the molecule is CCCCCCCCCCCCCCCCCCOC[C@H](COC(=O)O[C@H]1[C@@H](O)[C@@H](O)[C@H](O)[C@H](CO)[C@@H]1O)n1ccnc1. The van der Waals surface area contributed by atoms with Crippen LogP contribution in [-0.2, 0) is 14.2 Å². The second kappa shape index (κ2) is 22.7. The highest BCUT2D eigenvalue weighted by atomic mass is 16.7. The number of hydrogen-bond donors (Lipinski definition) is 5. The summed E-state index contributed by atoms with van der Waals surface area (Å²) in [7, 11) is 0. The standard InChI is InChI=1S/C32H58N2O9/c1-2-3-4-5-6-7-8-9-10-11-12-13-14-15-16-17-20-41-22-25(34-19-18-33-24-34)23-42-32(40)43-31-28(37)26(21-35)27(36)29(38)30(31)39/h18-19,24-31,35-39H,2-17,20-23H2,1H3/t25-,26+,27-,28+,29+,30+,31-/m1/s1. The lowest BCUT2D eigenvalue weighted by Gasteiger charge is -2.42. The lowest BCUT2D eigenvalue weighted by molar-refractivity contribution is -0.213. The molecule has 0 spiro atoms. The number of nitrogens with zero attached hydrogens (tertiary/aromatic N) is 2. The maximum absolute atomic E-state index is 12.4. The van der Waals surface area contributed by atoms with Crippen molar-refractivity contribution >= 4 is 6.16 Å². The van der Waals surface area contributed by atoms with Gasteiger partial charge in [-0.25, -0.2) is 9.78 Å². The molecule has 0 amide bonds. The molecule has 0 radical (unpaired) electrons. The fourth-order valence-electron chi connectivity index (χ4n) is 5.64.